The van der Waals surface area contributed by atoms with Gasteiger partial charge in [-0.15, -0.1) is 0 Å². The summed E-state index contributed by atoms with van der Waals surface area (Å²) >= 11 is 0. The van der Waals surface area contributed by atoms with Gasteiger partial charge in [0.15, 0.2) is 0 Å². The van der Waals surface area contributed by atoms with Crippen LogP contribution in [0.3, 0.4) is 0 Å². The van der Waals surface area contributed by atoms with Crippen LogP contribution < -0.4 is 5.73 Å². The monoisotopic (exact) mass is 246 g/mol. The molecule has 2 saturated heterocycles. The normalized spacial score (nSPS) is 29.3. The van der Waals surface area contributed by atoms with Gasteiger partial charge < -0.3 is 10.6 Å². The van der Waals surface area contributed by atoms with E-state index in [9.17, 15) is 8.42 Å². The van der Waals surface area contributed by atoms with Gasteiger partial charge in [-0.1, -0.05) is 0 Å². The van der Waals surface area contributed by atoms with Crippen molar-refractivity contribution < 1.29 is 8.42 Å². The summed E-state index contributed by atoms with van der Waals surface area (Å²) in [6.45, 7) is 3.28. The Morgan fingerprint density at radius 1 is 1.19 bits per heavy atom. The fourth-order valence-electron chi connectivity index (χ4n) is 2.75. The van der Waals surface area contributed by atoms with Gasteiger partial charge in [-0.2, -0.15) is 0 Å². The third-order valence-corrected chi connectivity index (χ3v) is 5.59. The summed E-state index contributed by atoms with van der Waals surface area (Å²) in [5, 5.41) is 0. The van der Waals surface area contributed by atoms with Crippen molar-refractivity contribution in [3.8, 4) is 0 Å². The first-order valence-electron chi connectivity index (χ1n) is 6.25. The Labute approximate surface area is 98.1 Å². The fraction of sp³-hybridized carbons (Fsp3) is 1.00. The minimum absolute atomic E-state index is 0.161. The molecule has 0 aromatic heterocycles. The molecule has 0 spiro atoms. The molecule has 2 fully saturated rings. The SMILES string of the molecule is NC(CN1CCCC1)C1CCS(=O)(=O)CC1. The molecule has 16 heavy (non-hydrogen) atoms. The van der Waals surface area contributed by atoms with Gasteiger partial charge in [0, 0.05) is 12.6 Å². The zero-order valence-corrected chi connectivity index (χ0v) is 10.6. The average molecular weight is 246 g/mol. The Hall–Kier alpha value is -0.130. The first-order chi connectivity index (χ1) is 7.57. The highest BCUT2D eigenvalue weighted by Gasteiger charge is 2.28. The molecule has 0 amide bonds. The zero-order valence-electron chi connectivity index (χ0n) is 9.77. The lowest BCUT2D eigenvalue weighted by Gasteiger charge is -2.30. The zero-order chi connectivity index (χ0) is 11.6. The van der Waals surface area contributed by atoms with Crippen molar-refractivity contribution in [1.29, 1.82) is 0 Å². The quantitative estimate of drug-likeness (QED) is 0.774. The standard InChI is InChI=1S/C11H22N2O2S/c12-11(9-13-5-1-2-6-13)10-3-7-16(14,15)8-4-10/h10-11H,1-9,12H2. The first-order valence-corrected chi connectivity index (χ1v) is 8.07. The molecule has 5 heteroatoms. The largest absolute Gasteiger partial charge is 0.326 e. The molecule has 0 aromatic rings. The molecule has 2 heterocycles. The van der Waals surface area contributed by atoms with Crippen molar-refractivity contribution in [2.45, 2.75) is 31.7 Å². The van der Waals surface area contributed by atoms with Gasteiger partial charge in [0.1, 0.15) is 9.84 Å². The number of nitrogens with zero attached hydrogens (tertiary/aromatic N) is 1. The molecule has 0 bridgehead atoms. The molecule has 0 saturated carbocycles. The molecular weight excluding hydrogens is 224 g/mol. The van der Waals surface area contributed by atoms with E-state index in [0.29, 0.717) is 17.4 Å². The lowest BCUT2D eigenvalue weighted by molar-refractivity contribution is 0.261. The number of nitrogens with two attached hydrogens (primary N) is 1. The second-order valence-electron chi connectivity index (χ2n) is 5.16. The first kappa shape index (κ1) is 12.3. The van der Waals surface area contributed by atoms with E-state index < -0.39 is 9.84 Å². The van der Waals surface area contributed by atoms with Crippen LogP contribution in [0, 0.1) is 5.92 Å². The third kappa shape index (κ3) is 3.18. The predicted octanol–water partition coefficient (Wildman–Crippen LogP) is 0.234. The van der Waals surface area contributed by atoms with Crippen LogP contribution in [0.5, 0.6) is 0 Å². The highest BCUT2D eigenvalue weighted by molar-refractivity contribution is 7.91. The maximum Gasteiger partial charge on any atom is 0.150 e. The number of hydrogen-bond donors (Lipinski definition) is 1. The number of likely N-dealkylation sites (tertiary alicyclic amines) is 1. The van der Waals surface area contributed by atoms with Crippen LogP contribution in [-0.4, -0.2) is 50.5 Å². The smallest absolute Gasteiger partial charge is 0.150 e. The Kier molecular flexibility index (Phi) is 3.87. The third-order valence-electron chi connectivity index (χ3n) is 3.87. The van der Waals surface area contributed by atoms with Crippen LogP contribution >= 0.6 is 0 Å². The molecule has 2 N–H and O–H groups in total. The van der Waals surface area contributed by atoms with E-state index in [4.69, 9.17) is 5.73 Å². The van der Waals surface area contributed by atoms with Crippen LogP contribution in [0.25, 0.3) is 0 Å². The molecule has 1 unspecified atom stereocenters. The summed E-state index contributed by atoms with van der Waals surface area (Å²) < 4.78 is 22.6. The maximum atomic E-state index is 11.3. The second-order valence-corrected chi connectivity index (χ2v) is 7.46. The van der Waals surface area contributed by atoms with Gasteiger partial charge in [-0.25, -0.2) is 8.42 Å². The molecular formula is C11H22N2O2S. The van der Waals surface area contributed by atoms with Gasteiger partial charge in [-0.3, -0.25) is 0 Å². The van der Waals surface area contributed by atoms with Gasteiger partial charge >= 0.3 is 0 Å². The Morgan fingerprint density at radius 2 is 1.75 bits per heavy atom. The van der Waals surface area contributed by atoms with Crippen LogP contribution in [0.4, 0.5) is 0 Å². The molecule has 2 aliphatic heterocycles. The van der Waals surface area contributed by atoms with E-state index >= 15 is 0 Å². The lowest BCUT2D eigenvalue weighted by Crippen LogP contribution is -2.44. The van der Waals surface area contributed by atoms with E-state index in [2.05, 4.69) is 4.90 Å². The lowest BCUT2D eigenvalue weighted by atomic mass is 9.94. The minimum atomic E-state index is -2.75. The van der Waals surface area contributed by atoms with Crippen molar-refractivity contribution in [2.24, 2.45) is 11.7 Å². The second kappa shape index (κ2) is 5.02. The highest BCUT2D eigenvalue weighted by atomic mass is 32.2. The average Bonchev–Trinajstić information content (AvgIpc) is 2.70. The van der Waals surface area contributed by atoms with Crippen LogP contribution in [0.15, 0.2) is 0 Å². The van der Waals surface area contributed by atoms with Crippen molar-refractivity contribution in [3.63, 3.8) is 0 Å². The molecule has 2 rings (SSSR count). The summed E-state index contributed by atoms with van der Waals surface area (Å²) in [7, 11) is -2.75. The number of rotatable bonds is 3. The summed E-state index contributed by atoms with van der Waals surface area (Å²) in [6.07, 6.45) is 4.09. The van der Waals surface area contributed by atoms with Crippen LogP contribution in [-0.2, 0) is 9.84 Å². The van der Waals surface area contributed by atoms with Crippen LogP contribution in [0.1, 0.15) is 25.7 Å². The van der Waals surface area contributed by atoms with Gasteiger partial charge in [0.25, 0.3) is 0 Å². The van der Waals surface area contributed by atoms with Crippen molar-refractivity contribution in [3.05, 3.63) is 0 Å². The summed E-state index contributed by atoms with van der Waals surface area (Å²) in [6, 6.07) is 0.161. The molecule has 0 aromatic carbocycles. The van der Waals surface area contributed by atoms with Gasteiger partial charge in [0.2, 0.25) is 0 Å². The Bertz CT molecular complexity index is 309. The Balaban J connectivity index is 1.79. The van der Waals surface area contributed by atoms with E-state index in [-0.39, 0.29) is 6.04 Å². The van der Waals surface area contributed by atoms with E-state index in [1.807, 2.05) is 0 Å². The molecule has 4 nitrogen and oxygen atoms in total. The summed E-state index contributed by atoms with van der Waals surface area (Å²) in [4.78, 5) is 2.41. The highest BCUT2D eigenvalue weighted by Crippen LogP contribution is 2.22. The van der Waals surface area contributed by atoms with Crippen molar-refractivity contribution in [2.75, 3.05) is 31.1 Å². The number of sulfone groups is 1. The van der Waals surface area contributed by atoms with Crippen molar-refractivity contribution >= 4 is 9.84 Å². The number of hydrogen-bond acceptors (Lipinski definition) is 4. The summed E-state index contributed by atoms with van der Waals surface area (Å²) in [5.41, 5.74) is 6.18. The topological polar surface area (TPSA) is 63.4 Å². The Morgan fingerprint density at radius 3 is 2.31 bits per heavy atom. The fourth-order valence-corrected chi connectivity index (χ4v) is 4.28. The summed E-state index contributed by atoms with van der Waals surface area (Å²) in [5.74, 6) is 1.08. The van der Waals surface area contributed by atoms with Gasteiger partial charge in [-0.05, 0) is 44.7 Å². The molecule has 0 aliphatic carbocycles. The van der Waals surface area contributed by atoms with Crippen LogP contribution in [0.2, 0.25) is 0 Å². The maximum absolute atomic E-state index is 11.3. The van der Waals surface area contributed by atoms with E-state index in [1.165, 1.54) is 25.9 Å². The van der Waals surface area contributed by atoms with E-state index in [0.717, 1.165) is 19.4 Å². The van der Waals surface area contributed by atoms with E-state index in [1.54, 1.807) is 0 Å². The molecule has 94 valence electrons. The molecule has 2 aliphatic rings. The van der Waals surface area contributed by atoms with Gasteiger partial charge in [0.05, 0.1) is 11.5 Å². The predicted molar refractivity (Wildman–Crippen MR) is 65.0 cm³/mol. The molecule has 0 radical (unpaired) electrons. The van der Waals surface area contributed by atoms with Crippen molar-refractivity contribution in [1.82, 2.24) is 4.90 Å². The minimum Gasteiger partial charge on any atom is -0.326 e. The molecule has 1 atom stereocenters.